The van der Waals surface area contributed by atoms with Crippen molar-refractivity contribution < 1.29 is 28.6 Å². The highest BCUT2D eigenvalue weighted by molar-refractivity contribution is 5.71. The first-order valence-corrected chi connectivity index (χ1v) is 28.3. The Labute approximate surface area is 393 Å². The van der Waals surface area contributed by atoms with Gasteiger partial charge in [-0.05, 0) is 31.1 Å². The van der Waals surface area contributed by atoms with Crippen molar-refractivity contribution in [2.45, 2.75) is 323 Å². The SMILES string of the molecule is CCCCCCCCCCCC(=O)O[C@@H](COC(=O)CCCCCCCCCCCCCCCCCCCCC(C)CC)COC(=O)CCCCCCCCCCCCC(C)CC. The highest BCUT2D eigenvalue weighted by atomic mass is 16.6. The number of hydrogen-bond donors (Lipinski definition) is 0. The van der Waals surface area contributed by atoms with Crippen molar-refractivity contribution in [3.05, 3.63) is 0 Å². The van der Waals surface area contributed by atoms with Crippen LogP contribution < -0.4 is 0 Å². The molecule has 0 aromatic carbocycles. The number of ether oxygens (including phenoxy) is 3. The molecule has 0 N–H and O–H groups in total. The summed E-state index contributed by atoms with van der Waals surface area (Å²) in [7, 11) is 0. The van der Waals surface area contributed by atoms with Gasteiger partial charge in [0.2, 0.25) is 0 Å². The van der Waals surface area contributed by atoms with Gasteiger partial charge < -0.3 is 14.2 Å². The zero-order valence-corrected chi connectivity index (χ0v) is 43.2. The average molecular weight is 892 g/mol. The van der Waals surface area contributed by atoms with E-state index >= 15 is 0 Å². The van der Waals surface area contributed by atoms with Crippen LogP contribution in [0, 0.1) is 11.8 Å². The molecule has 0 bridgehead atoms. The lowest BCUT2D eigenvalue weighted by Gasteiger charge is -2.18. The van der Waals surface area contributed by atoms with Crippen LogP contribution in [-0.2, 0) is 28.6 Å². The third-order valence-corrected chi connectivity index (χ3v) is 13.7. The monoisotopic (exact) mass is 891 g/mol. The average Bonchev–Trinajstić information content (AvgIpc) is 3.28. The molecule has 0 aromatic rings. The lowest BCUT2D eigenvalue weighted by Crippen LogP contribution is -2.30. The number of rotatable bonds is 51. The van der Waals surface area contributed by atoms with E-state index in [9.17, 15) is 14.4 Å². The maximum Gasteiger partial charge on any atom is 0.306 e. The highest BCUT2D eigenvalue weighted by Crippen LogP contribution is 2.19. The third kappa shape index (κ3) is 48.2. The normalized spacial score (nSPS) is 12.9. The molecular weight excluding hydrogens is 781 g/mol. The van der Waals surface area contributed by atoms with Crippen LogP contribution in [-0.4, -0.2) is 37.2 Å². The van der Waals surface area contributed by atoms with Crippen molar-refractivity contribution in [3.8, 4) is 0 Å². The van der Waals surface area contributed by atoms with Crippen LogP contribution in [0.25, 0.3) is 0 Å². The molecule has 6 heteroatoms. The standard InChI is InChI=1S/C57H110O6/c1-6-9-10-11-12-25-34-39-44-49-57(60)63-54(51-62-56(59)48-43-38-33-29-24-23-27-31-36-41-46-53(5)8-3)50-61-55(58)47-42-37-32-28-22-20-18-16-14-13-15-17-19-21-26-30-35-40-45-52(4)7-2/h52-54H,6-51H2,1-5H3/t52?,53?,54-/m0/s1. The molecule has 3 atom stereocenters. The van der Waals surface area contributed by atoms with Crippen molar-refractivity contribution in [1.29, 1.82) is 0 Å². The Morgan fingerprint density at radius 1 is 0.317 bits per heavy atom. The van der Waals surface area contributed by atoms with E-state index < -0.39 is 6.10 Å². The molecule has 0 saturated heterocycles. The molecule has 0 radical (unpaired) electrons. The molecule has 2 unspecified atom stereocenters. The van der Waals surface area contributed by atoms with Crippen molar-refractivity contribution in [2.75, 3.05) is 13.2 Å². The van der Waals surface area contributed by atoms with E-state index in [1.165, 1.54) is 205 Å². The second-order valence-corrected chi connectivity index (χ2v) is 20.1. The second kappa shape index (κ2) is 49.8. The van der Waals surface area contributed by atoms with Gasteiger partial charge in [0.25, 0.3) is 0 Å². The molecule has 0 heterocycles. The number of carbonyl (C=O) groups is 3. The molecule has 0 aliphatic carbocycles. The van der Waals surface area contributed by atoms with Crippen LogP contribution in [0.15, 0.2) is 0 Å². The summed E-state index contributed by atoms with van der Waals surface area (Å²) in [4.78, 5) is 38.0. The smallest absolute Gasteiger partial charge is 0.306 e. The van der Waals surface area contributed by atoms with Crippen LogP contribution in [0.4, 0.5) is 0 Å². The van der Waals surface area contributed by atoms with E-state index in [0.29, 0.717) is 19.3 Å². The van der Waals surface area contributed by atoms with Gasteiger partial charge in [-0.15, -0.1) is 0 Å². The molecule has 0 aromatic heterocycles. The molecule has 0 amide bonds. The number of hydrogen-bond acceptors (Lipinski definition) is 6. The second-order valence-electron chi connectivity index (χ2n) is 20.1. The zero-order valence-electron chi connectivity index (χ0n) is 43.2. The van der Waals surface area contributed by atoms with E-state index in [2.05, 4.69) is 34.6 Å². The Morgan fingerprint density at radius 3 is 0.825 bits per heavy atom. The molecule has 0 aliphatic rings. The van der Waals surface area contributed by atoms with Gasteiger partial charge in [0.05, 0.1) is 0 Å². The fourth-order valence-corrected chi connectivity index (χ4v) is 8.63. The quantitative estimate of drug-likeness (QED) is 0.0344. The van der Waals surface area contributed by atoms with Gasteiger partial charge in [-0.25, -0.2) is 0 Å². The van der Waals surface area contributed by atoms with Crippen molar-refractivity contribution >= 4 is 17.9 Å². The molecule has 0 aliphatic heterocycles. The van der Waals surface area contributed by atoms with Gasteiger partial charge in [-0.2, -0.15) is 0 Å². The van der Waals surface area contributed by atoms with Crippen molar-refractivity contribution in [3.63, 3.8) is 0 Å². The van der Waals surface area contributed by atoms with Gasteiger partial charge in [0.15, 0.2) is 6.10 Å². The van der Waals surface area contributed by atoms with Gasteiger partial charge in [-0.3, -0.25) is 14.4 Å². The summed E-state index contributed by atoms with van der Waals surface area (Å²) in [6.45, 7) is 11.4. The van der Waals surface area contributed by atoms with Crippen LogP contribution >= 0.6 is 0 Å². The zero-order chi connectivity index (χ0) is 46.1. The highest BCUT2D eigenvalue weighted by Gasteiger charge is 2.19. The fraction of sp³-hybridized carbons (Fsp3) is 0.947. The maximum atomic E-state index is 12.7. The first kappa shape index (κ1) is 61.4. The van der Waals surface area contributed by atoms with E-state index in [0.717, 1.165) is 69.6 Å². The van der Waals surface area contributed by atoms with Gasteiger partial charge in [-0.1, -0.05) is 279 Å². The third-order valence-electron chi connectivity index (χ3n) is 13.7. The maximum absolute atomic E-state index is 12.7. The number of esters is 3. The summed E-state index contributed by atoms with van der Waals surface area (Å²) in [6.07, 6.45) is 52.3. The molecule has 0 rings (SSSR count). The predicted octanol–water partition coefficient (Wildman–Crippen LogP) is 18.5. The lowest BCUT2D eigenvalue weighted by molar-refractivity contribution is -0.167. The molecule has 0 saturated carbocycles. The first-order valence-electron chi connectivity index (χ1n) is 28.3. The largest absolute Gasteiger partial charge is 0.462 e. The molecule has 374 valence electrons. The minimum absolute atomic E-state index is 0.0633. The Hall–Kier alpha value is -1.59. The van der Waals surface area contributed by atoms with E-state index in [1.54, 1.807) is 0 Å². The van der Waals surface area contributed by atoms with E-state index in [-0.39, 0.29) is 31.1 Å². The van der Waals surface area contributed by atoms with Crippen molar-refractivity contribution in [1.82, 2.24) is 0 Å². The molecule has 63 heavy (non-hydrogen) atoms. The Bertz CT molecular complexity index is 966. The molecular formula is C57H110O6. The first-order chi connectivity index (χ1) is 30.8. The summed E-state index contributed by atoms with van der Waals surface area (Å²) >= 11 is 0. The summed E-state index contributed by atoms with van der Waals surface area (Å²) in [5.41, 5.74) is 0. The van der Waals surface area contributed by atoms with Crippen molar-refractivity contribution in [2.24, 2.45) is 11.8 Å². The summed E-state index contributed by atoms with van der Waals surface area (Å²) < 4.78 is 16.8. The van der Waals surface area contributed by atoms with Crippen LogP contribution in [0.2, 0.25) is 0 Å². The minimum atomic E-state index is -0.761. The van der Waals surface area contributed by atoms with Gasteiger partial charge >= 0.3 is 17.9 Å². The molecule has 0 spiro atoms. The van der Waals surface area contributed by atoms with Gasteiger partial charge in [0, 0.05) is 19.3 Å². The summed E-state index contributed by atoms with van der Waals surface area (Å²) in [6, 6.07) is 0. The number of carbonyl (C=O) groups excluding carboxylic acids is 3. The lowest BCUT2D eigenvalue weighted by atomic mass is 9.99. The minimum Gasteiger partial charge on any atom is -0.462 e. The number of unbranched alkanes of at least 4 members (excludes halogenated alkanes) is 34. The van der Waals surface area contributed by atoms with E-state index in [1.807, 2.05) is 0 Å². The Morgan fingerprint density at radius 2 is 0.556 bits per heavy atom. The molecule has 0 fully saturated rings. The van der Waals surface area contributed by atoms with Gasteiger partial charge in [0.1, 0.15) is 13.2 Å². The topological polar surface area (TPSA) is 78.9 Å². The summed E-state index contributed by atoms with van der Waals surface area (Å²) in [5.74, 6) is 0.934. The molecule has 6 nitrogen and oxygen atoms in total. The van der Waals surface area contributed by atoms with Crippen LogP contribution in [0.5, 0.6) is 0 Å². The fourth-order valence-electron chi connectivity index (χ4n) is 8.63. The van der Waals surface area contributed by atoms with E-state index in [4.69, 9.17) is 14.2 Å². The Kier molecular flexibility index (Phi) is 48.6. The summed E-state index contributed by atoms with van der Waals surface area (Å²) in [5, 5.41) is 0. The van der Waals surface area contributed by atoms with Crippen LogP contribution in [0.3, 0.4) is 0 Å². The van der Waals surface area contributed by atoms with Crippen LogP contribution in [0.1, 0.15) is 317 Å². The predicted molar refractivity (Wildman–Crippen MR) is 270 cm³/mol. The Balaban J connectivity index is 4.16.